The lowest BCUT2D eigenvalue weighted by Crippen LogP contribution is -2.23. The van der Waals surface area contributed by atoms with Gasteiger partial charge in [0.25, 0.3) is 5.91 Å². The van der Waals surface area contributed by atoms with Crippen molar-refractivity contribution >= 4 is 17.5 Å². The zero-order valence-electron chi connectivity index (χ0n) is 12.5. The molecule has 1 amide bonds. The average Bonchev–Trinajstić information content (AvgIpc) is 3.20. The van der Waals surface area contributed by atoms with Crippen molar-refractivity contribution in [1.29, 1.82) is 0 Å². The van der Waals surface area contributed by atoms with E-state index in [2.05, 4.69) is 15.6 Å². The fourth-order valence-electron chi connectivity index (χ4n) is 2.09. The van der Waals surface area contributed by atoms with Crippen LogP contribution in [0.15, 0.2) is 47.1 Å². The molecule has 2 heterocycles. The van der Waals surface area contributed by atoms with E-state index < -0.39 is 0 Å². The van der Waals surface area contributed by atoms with Crippen molar-refractivity contribution in [1.82, 2.24) is 20.3 Å². The molecular weight excluding hydrogens is 316 g/mol. The molecule has 0 saturated heterocycles. The van der Waals surface area contributed by atoms with Crippen molar-refractivity contribution < 1.29 is 9.32 Å². The molecule has 1 N–H and O–H groups in total. The molecule has 0 aliphatic heterocycles. The van der Waals surface area contributed by atoms with Gasteiger partial charge in [-0.05, 0) is 6.92 Å². The minimum Gasteiger partial charge on any atom is -0.355 e. The molecule has 23 heavy (non-hydrogen) atoms. The van der Waals surface area contributed by atoms with Crippen molar-refractivity contribution in [3.05, 3.63) is 59.0 Å². The summed E-state index contributed by atoms with van der Waals surface area (Å²) in [6.45, 7) is 2.92. The predicted molar refractivity (Wildman–Crippen MR) is 86.0 cm³/mol. The Morgan fingerprint density at radius 3 is 2.83 bits per heavy atom. The second kappa shape index (κ2) is 6.66. The van der Waals surface area contributed by atoms with E-state index >= 15 is 0 Å². The van der Waals surface area contributed by atoms with Gasteiger partial charge in [0.05, 0.1) is 11.6 Å². The Labute approximate surface area is 138 Å². The van der Waals surface area contributed by atoms with Crippen molar-refractivity contribution in [2.45, 2.75) is 20.0 Å². The molecule has 0 saturated carbocycles. The Bertz CT molecular complexity index is 811. The first kappa shape index (κ1) is 15.3. The highest BCUT2D eigenvalue weighted by molar-refractivity contribution is 6.31. The van der Waals surface area contributed by atoms with Gasteiger partial charge in [0.1, 0.15) is 5.69 Å². The Morgan fingerprint density at radius 1 is 1.35 bits per heavy atom. The number of carbonyl (C=O) groups is 1. The quantitative estimate of drug-likeness (QED) is 0.780. The zero-order valence-corrected chi connectivity index (χ0v) is 13.2. The number of carbonyl (C=O) groups excluding carboxylic acids is 1. The van der Waals surface area contributed by atoms with Gasteiger partial charge in [0.2, 0.25) is 0 Å². The third-order valence-electron chi connectivity index (χ3n) is 3.33. The summed E-state index contributed by atoms with van der Waals surface area (Å²) in [5.74, 6) is 0.210. The number of rotatable bonds is 5. The lowest BCUT2D eigenvalue weighted by atomic mass is 10.1. The van der Waals surface area contributed by atoms with Gasteiger partial charge in [-0.3, -0.25) is 9.48 Å². The maximum Gasteiger partial charge on any atom is 0.273 e. The number of nitrogens with zero attached hydrogens (tertiary/aromatic N) is 3. The van der Waals surface area contributed by atoms with Crippen molar-refractivity contribution in [2.24, 2.45) is 0 Å². The summed E-state index contributed by atoms with van der Waals surface area (Å²) in [7, 11) is 0. The van der Waals surface area contributed by atoms with Gasteiger partial charge in [0, 0.05) is 24.4 Å². The standard InChI is InChI=1S/C16H15ClN4O2/c1-2-21-10-12(17)14(19-21)9-18-16(22)13-8-15(23-20-13)11-6-4-3-5-7-11/h3-8,10H,2,9H2,1H3,(H,18,22). The highest BCUT2D eigenvalue weighted by atomic mass is 35.5. The minimum absolute atomic E-state index is 0.217. The van der Waals surface area contributed by atoms with Crippen molar-refractivity contribution in [2.75, 3.05) is 0 Å². The number of aryl methyl sites for hydroxylation is 1. The molecule has 2 aromatic heterocycles. The molecule has 0 aliphatic rings. The van der Waals surface area contributed by atoms with Crippen LogP contribution in [0.25, 0.3) is 11.3 Å². The summed E-state index contributed by atoms with van der Waals surface area (Å²) < 4.78 is 6.93. The largest absolute Gasteiger partial charge is 0.355 e. The monoisotopic (exact) mass is 330 g/mol. The number of halogens is 1. The van der Waals surface area contributed by atoms with Gasteiger partial charge >= 0.3 is 0 Å². The number of aromatic nitrogens is 3. The van der Waals surface area contributed by atoms with E-state index in [-0.39, 0.29) is 18.1 Å². The molecule has 6 nitrogen and oxygen atoms in total. The molecule has 3 aromatic rings. The molecule has 7 heteroatoms. The lowest BCUT2D eigenvalue weighted by Gasteiger charge is -2.00. The maximum absolute atomic E-state index is 12.1. The van der Waals surface area contributed by atoms with Crippen LogP contribution in [0, 0.1) is 0 Å². The number of hydrogen-bond donors (Lipinski definition) is 1. The van der Waals surface area contributed by atoms with Crippen LogP contribution >= 0.6 is 11.6 Å². The van der Waals surface area contributed by atoms with Gasteiger partial charge in [-0.25, -0.2) is 0 Å². The van der Waals surface area contributed by atoms with Gasteiger partial charge in [-0.15, -0.1) is 0 Å². The smallest absolute Gasteiger partial charge is 0.273 e. The van der Waals surface area contributed by atoms with E-state index in [4.69, 9.17) is 16.1 Å². The summed E-state index contributed by atoms with van der Waals surface area (Å²) >= 11 is 6.07. The Balaban J connectivity index is 1.67. The van der Waals surface area contributed by atoms with Crippen LogP contribution in [-0.4, -0.2) is 20.8 Å². The third-order valence-corrected chi connectivity index (χ3v) is 3.64. The molecule has 3 rings (SSSR count). The predicted octanol–water partition coefficient (Wildman–Crippen LogP) is 3.14. The maximum atomic E-state index is 12.1. The highest BCUT2D eigenvalue weighted by Crippen LogP contribution is 2.20. The fourth-order valence-corrected chi connectivity index (χ4v) is 2.31. The van der Waals surface area contributed by atoms with Gasteiger partial charge in [-0.1, -0.05) is 47.1 Å². The van der Waals surface area contributed by atoms with Crippen LogP contribution in [0.1, 0.15) is 23.1 Å². The fraction of sp³-hybridized carbons (Fsp3) is 0.188. The van der Waals surface area contributed by atoms with Crippen LogP contribution in [0.5, 0.6) is 0 Å². The van der Waals surface area contributed by atoms with E-state index in [9.17, 15) is 4.79 Å². The van der Waals surface area contributed by atoms with E-state index in [1.165, 1.54) is 0 Å². The molecule has 0 aliphatic carbocycles. The van der Waals surface area contributed by atoms with E-state index in [0.29, 0.717) is 16.5 Å². The number of benzene rings is 1. The van der Waals surface area contributed by atoms with Gasteiger partial charge < -0.3 is 9.84 Å². The van der Waals surface area contributed by atoms with Crippen LogP contribution in [0.4, 0.5) is 0 Å². The molecule has 1 aromatic carbocycles. The summed E-state index contributed by atoms with van der Waals surface area (Å²) in [5, 5.41) is 11.3. The van der Waals surface area contributed by atoms with Crippen molar-refractivity contribution in [3.63, 3.8) is 0 Å². The normalized spacial score (nSPS) is 10.7. The molecule has 0 bridgehead atoms. The molecule has 0 atom stereocenters. The molecule has 0 radical (unpaired) electrons. The van der Waals surface area contributed by atoms with Crippen LogP contribution < -0.4 is 5.32 Å². The summed E-state index contributed by atoms with van der Waals surface area (Å²) in [4.78, 5) is 12.1. The average molecular weight is 331 g/mol. The Hall–Kier alpha value is -2.60. The van der Waals surface area contributed by atoms with E-state index in [0.717, 1.165) is 12.1 Å². The summed E-state index contributed by atoms with van der Waals surface area (Å²) in [5.41, 5.74) is 1.70. The molecule has 0 fully saturated rings. The lowest BCUT2D eigenvalue weighted by molar-refractivity contribution is 0.0941. The molecule has 118 valence electrons. The first-order valence-electron chi connectivity index (χ1n) is 7.19. The Morgan fingerprint density at radius 2 is 2.13 bits per heavy atom. The first-order valence-corrected chi connectivity index (χ1v) is 7.57. The SMILES string of the molecule is CCn1cc(Cl)c(CNC(=O)c2cc(-c3ccccc3)on2)n1. The third kappa shape index (κ3) is 3.43. The van der Waals surface area contributed by atoms with E-state index in [1.807, 2.05) is 37.3 Å². The first-order chi connectivity index (χ1) is 11.2. The zero-order chi connectivity index (χ0) is 16.2. The number of nitrogens with one attached hydrogen (secondary N) is 1. The highest BCUT2D eigenvalue weighted by Gasteiger charge is 2.15. The summed E-state index contributed by atoms with van der Waals surface area (Å²) in [6.07, 6.45) is 1.73. The van der Waals surface area contributed by atoms with Gasteiger partial charge in [0.15, 0.2) is 11.5 Å². The van der Waals surface area contributed by atoms with Crippen LogP contribution in [-0.2, 0) is 13.1 Å². The second-order valence-corrected chi connectivity index (χ2v) is 5.31. The second-order valence-electron chi connectivity index (χ2n) is 4.90. The number of amides is 1. The number of hydrogen-bond acceptors (Lipinski definition) is 4. The van der Waals surface area contributed by atoms with Gasteiger partial charge in [-0.2, -0.15) is 5.10 Å². The van der Waals surface area contributed by atoms with Crippen LogP contribution in [0.2, 0.25) is 5.02 Å². The van der Waals surface area contributed by atoms with E-state index in [1.54, 1.807) is 16.9 Å². The molecular formula is C16H15ClN4O2. The van der Waals surface area contributed by atoms with Crippen molar-refractivity contribution in [3.8, 4) is 11.3 Å². The molecule has 0 unspecified atom stereocenters. The summed E-state index contributed by atoms with van der Waals surface area (Å²) in [6, 6.07) is 11.1. The molecule has 0 spiro atoms. The van der Waals surface area contributed by atoms with Crippen LogP contribution in [0.3, 0.4) is 0 Å². The minimum atomic E-state index is -0.335. The Kier molecular flexibility index (Phi) is 4.43. The topological polar surface area (TPSA) is 73.0 Å².